The van der Waals surface area contributed by atoms with Gasteiger partial charge in [-0.25, -0.2) is 0 Å². The minimum absolute atomic E-state index is 0.357. The number of nitrogens with two attached hydrogens (primary N) is 1. The third-order valence-corrected chi connectivity index (χ3v) is 1.55. The van der Waals surface area contributed by atoms with E-state index >= 15 is 0 Å². The number of aromatic nitrogens is 4. The van der Waals surface area contributed by atoms with E-state index in [1.54, 1.807) is 18.2 Å². The number of hydrogen-bond donors (Lipinski definition) is 2. The summed E-state index contributed by atoms with van der Waals surface area (Å²) in [7, 11) is 0. The number of anilines is 1. The van der Waals surface area contributed by atoms with Crippen LogP contribution in [0.1, 0.15) is 5.69 Å². The van der Waals surface area contributed by atoms with Gasteiger partial charge in [-0.3, -0.25) is 5.10 Å². The van der Waals surface area contributed by atoms with Gasteiger partial charge >= 0.3 is 0 Å². The zero-order valence-electron chi connectivity index (χ0n) is 7.56. The average Bonchev–Trinajstić information content (AvgIpc) is 2.56. The van der Waals surface area contributed by atoms with Crippen molar-refractivity contribution in [3.63, 3.8) is 0 Å². The summed E-state index contributed by atoms with van der Waals surface area (Å²) in [6.07, 6.45) is 0. The highest BCUT2D eigenvalue weighted by Gasteiger charge is 2.01. The molecule has 6 nitrogen and oxygen atoms in total. The summed E-state index contributed by atoms with van der Waals surface area (Å²) in [6, 6.07) is 5.01. The van der Waals surface area contributed by atoms with Crippen molar-refractivity contribution in [2.75, 3.05) is 5.73 Å². The topological polar surface area (TPSA) is 89.7 Å². The average molecular weight is 191 g/mol. The van der Waals surface area contributed by atoms with Gasteiger partial charge in [0, 0.05) is 17.8 Å². The van der Waals surface area contributed by atoms with Crippen LogP contribution in [-0.2, 0) is 0 Å². The highest BCUT2D eigenvalue weighted by molar-refractivity contribution is 5.29. The van der Waals surface area contributed by atoms with Crippen LogP contribution in [0.3, 0.4) is 0 Å². The van der Waals surface area contributed by atoms with Crippen LogP contribution in [0.5, 0.6) is 11.8 Å². The molecule has 0 aliphatic carbocycles. The van der Waals surface area contributed by atoms with Gasteiger partial charge in [0.05, 0.1) is 0 Å². The number of aromatic amines is 1. The van der Waals surface area contributed by atoms with Crippen LogP contribution >= 0.6 is 0 Å². The van der Waals surface area contributed by atoms with Crippen molar-refractivity contribution >= 4 is 5.82 Å². The van der Waals surface area contributed by atoms with E-state index in [4.69, 9.17) is 10.5 Å². The Morgan fingerprint density at radius 2 is 2.14 bits per heavy atom. The SMILES string of the molecule is Cc1cc(Oc2ccc(N)nn2)n[nH]1. The monoisotopic (exact) mass is 191 g/mol. The molecule has 72 valence electrons. The molecule has 3 N–H and O–H groups in total. The summed E-state index contributed by atoms with van der Waals surface area (Å²) in [6.45, 7) is 1.88. The molecule has 0 aromatic carbocycles. The Labute approximate surface area is 80.1 Å². The summed E-state index contributed by atoms with van der Waals surface area (Å²) in [5.41, 5.74) is 6.29. The molecule has 0 amide bonds. The molecule has 0 bridgehead atoms. The van der Waals surface area contributed by atoms with E-state index in [1.165, 1.54) is 0 Å². The maximum atomic E-state index is 5.37. The molecule has 2 rings (SSSR count). The number of rotatable bonds is 2. The molecule has 14 heavy (non-hydrogen) atoms. The van der Waals surface area contributed by atoms with Gasteiger partial charge in [0.25, 0.3) is 0 Å². The third kappa shape index (κ3) is 1.79. The number of nitrogens with one attached hydrogen (secondary N) is 1. The first-order valence-electron chi connectivity index (χ1n) is 4.03. The van der Waals surface area contributed by atoms with Gasteiger partial charge < -0.3 is 10.5 Å². The van der Waals surface area contributed by atoms with Crippen LogP contribution in [0.4, 0.5) is 5.82 Å². The highest BCUT2D eigenvalue weighted by atomic mass is 16.5. The van der Waals surface area contributed by atoms with Crippen molar-refractivity contribution < 1.29 is 4.74 Å². The van der Waals surface area contributed by atoms with Crippen LogP contribution in [0.15, 0.2) is 18.2 Å². The molecule has 0 atom stereocenters. The largest absolute Gasteiger partial charge is 0.417 e. The predicted molar refractivity (Wildman–Crippen MR) is 49.8 cm³/mol. The second-order valence-corrected chi connectivity index (χ2v) is 2.79. The fraction of sp³-hybridized carbons (Fsp3) is 0.125. The summed E-state index contributed by atoms with van der Waals surface area (Å²) >= 11 is 0. The summed E-state index contributed by atoms with van der Waals surface area (Å²) < 4.78 is 5.28. The maximum Gasteiger partial charge on any atom is 0.241 e. The Hall–Kier alpha value is -2.11. The van der Waals surface area contributed by atoms with Gasteiger partial charge in [-0.1, -0.05) is 0 Å². The maximum absolute atomic E-state index is 5.37. The lowest BCUT2D eigenvalue weighted by atomic mass is 10.5. The van der Waals surface area contributed by atoms with Gasteiger partial charge in [-0.05, 0) is 13.0 Å². The molecule has 2 aromatic heterocycles. The molecule has 0 aliphatic heterocycles. The van der Waals surface area contributed by atoms with Crippen molar-refractivity contribution in [2.45, 2.75) is 6.92 Å². The molecule has 2 heterocycles. The Morgan fingerprint density at radius 3 is 2.71 bits per heavy atom. The lowest BCUT2D eigenvalue weighted by Gasteiger charge is -1.98. The zero-order chi connectivity index (χ0) is 9.97. The van der Waals surface area contributed by atoms with E-state index < -0.39 is 0 Å². The van der Waals surface area contributed by atoms with E-state index in [-0.39, 0.29) is 0 Å². The fourth-order valence-electron chi connectivity index (χ4n) is 0.937. The zero-order valence-corrected chi connectivity index (χ0v) is 7.56. The molecule has 0 spiro atoms. The molecular weight excluding hydrogens is 182 g/mol. The van der Waals surface area contributed by atoms with E-state index in [2.05, 4.69) is 20.4 Å². The molecule has 0 radical (unpaired) electrons. The number of nitrogens with zero attached hydrogens (tertiary/aromatic N) is 3. The summed E-state index contributed by atoms with van der Waals surface area (Å²) in [4.78, 5) is 0. The molecule has 0 unspecified atom stereocenters. The van der Waals surface area contributed by atoms with E-state index in [9.17, 15) is 0 Å². The standard InChI is InChI=1S/C8H9N5O/c1-5-4-8(13-10-5)14-7-3-2-6(9)11-12-7/h2-4H,1H3,(H2,9,11)(H,10,13). The molecule has 0 fully saturated rings. The first-order valence-corrected chi connectivity index (χ1v) is 4.03. The Kier molecular flexibility index (Phi) is 2.02. The van der Waals surface area contributed by atoms with E-state index in [0.29, 0.717) is 17.6 Å². The number of H-pyrrole nitrogens is 1. The van der Waals surface area contributed by atoms with Crippen molar-refractivity contribution in [1.29, 1.82) is 0 Å². The number of hydrogen-bond acceptors (Lipinski definition) is 5. The lowest BCUT2D eigenvalue weighted by molar-refractivity contribution is 0.437. The predicted octanol–water partition coefficient (Wildman–Crippen LogP) is 0.883. The molecule has 0 aliphatic rings. The normalized spacial score (nSPS) is 10.1. The Bertz CT molecular complexity index is 422. The van der Waals surface area contributed by atoms with E-state index in [1.807, 2.05) is 6.92 Å². The molecule has 6 heteroatoms. The third-order valence-electron chi connectivity index (χ3n) is 1.55. The smallest absolute Gasteiger partial charge is 0.241 e. The quantitative estimate of drug-likeness (QED) is 0.735. The lowest BCUT2D eigenvalue weighted by Crippen LogP contribution is -1.94. The number of ether oxygens (including phenoxy) is 1. The van der Waals surface area contributed by atoms with Crippen molar-refractivity contribution in [1.82, 2.24) is 20.4 Å². The Balaban J connectivity index is 2.15. The van der Waals surface area contributed by atoms with Gasteiger partial charge in [-0.15, -0.1) is 15.3 Å². The van der Waals surface area contributed by atoms with Crippen LogP contribution < -0.4 is 10.5 Å². The minimum atomic E-state index is 0.357. The second kappa shape index (κ2) is 3.33. The molecule has 2 aromatic rings. The van der Waals surface area contributed by atoms with Crippen molar-refractivity contribution in [3.05, 3.63) is 23.9 Å². The van der Waals surface area contributed by atoms with Crippen LogP contribution in [0.2, 0.25) is 0 Å². The fourth-order valence-corrected chi connectivity index (χ4v) is 0.937. The molecule has 0 saturated heterocycles. The Morgan fingerprint density at radius 1 is 1.29 bits per heavy atom. The second-order valence-electron chi connectivity index (χ2n) is 2.79. The molecule has 0 saturated carbocycles. The van der Waals surface area contributed by atoms with Crippen LogP contribution in [0.25, 0.3) is 0 Å². The van der Waals surface area contributed by atoms with Crippen LogP contribution in [0, 0.1) is 6.92 Å². The van der Waals surface area contributed by atoms with Gasteiger partial charge in [-0.2, -0.15) is 0 Å². The van der Waals surface area contributed by atoms with Gasteiger partial charge in [0.15, 0.2) is 0 Å². The van der Waals surface area contributed by atoms with Crippen LogP contribution in [-0.4, -0.2) is 20.4 Å². The van der Waals surface area contributed by atoms with Crippen molar-refractivity contribution in [3.8, 4) is 11.8 Å². The highest BCUT2D eigenvalue weighted by Crippen LogP contribution is 2.16. The number of nitrogen functional groups attached to an aromatic ring is 1. The number of aryl methyl sites for hydroxylation is 1. The van der Waals surface area contributed by atoms with E-state index in [0.717, 1.165) is 5.69 Å². The van der Waals surface area contributed by atoms with Gasteiger partial charge in [0.1, 0.15) is 5.82 Å². The van der Waals surface area contributed by atoms with Crippen molar-refractivity contribution in [2.24, 2.45) is 0 Å². The summed E-state index contributed by atoms with van der Waals surface area (Å²) in [5, 5.41) is 14.0. The first kappa shape index (κ1) is 8.49. The van der Waals surface area contributed by atoms with Gasteiger partial charge in [0.2, 0.25) is 11.8 Å². The molecular formula is C8H9N5O. The minimum Gasteiger partial charge on any atom is -0.417 e. The first-order chi connectivity index (χ1) is 6.74. The summed E-state index contributed by atoms with van der Waals surface area (Å²) in [5.74, 6) is 1.18.